The van der Waals surface area contributed by atoms with Crippen LogP contribution in [0.1, 0.15) is 53.2 Å². The first-order valence-corrected chi connectivity index (χ1v) is 11.1. The standard InChI is InChI=1S/C25H25F3N4O2/c1-3-22(33)29-18-8-5-9-19(14-18)32-21-11-10-15(2)12-20(21)30-24(32)31-23(34)16-6-4-7-17(13-16)25(26,27)28/h3-4,6-7,10-13,18-19H,1,5,8-9,14H2,2H3,(H,29,33)(H,30,31,34)/t18-,19-/m1/s1. The van der Waals surface area contributed by atoms with E-state index in [2.05, 4.69) is 22.2 Å². The number of amides is 2. The fourth-order valence-electron chi connectivity index (χ4n) is 4.47. The highest BCUT2D eigenvalue weighted by Crippen LogP contribution is 2.35. The summed E-state index contributed by atoms with van der Waals surface area (Å²) >= 11 is 0. The summed E-state index contributed by atoms with van der Waals surface area (Å²) in [5.74, 6) is -0.648. The van der Waals surface area contributed by atoms with Gasteiger partial charge in [0.1, 0.15) is 0 Å². The monoisotopic (exact) mass is 470 g/mol. The fourth-order valence-corrected chi connectivity index (χ4v) is 4.47. The van der Waals surface area contributed by atoms with E-state index >= 15 is 0 Å². The summed E-state index contributed by atoms with van der Waals surface area (Å²) in [4.78, 5) is 29.3. The number of anilines is 1. The van der Waals surface area contributed by atoms with Crippen molar-refractivity contribution in [2.45, 2.75) is 50.9 Å². The van der Waals surface area contributed by atoms with E-state index in [1.54, 1.807) is 0 Å². The number of fused-ring (bicyclic) bond motifs is 1. The fraction of sp³-hybridized carbons (Fsp3) is 0.320. The molecule has 0 aliphatic heterocycles. The first-order chi connectivity index (χ1) is 16.2. The van der Waals surface area contributed by atoms with Crippen molar-refractivity contribution < 1.29 is 22.8 Å². The molecular weight excluding hydrogens is 445 g/mol. The molecule has 3 aromatic rings. The Balaban J connectivity index is 1.68. The first-order valence-electron chi connectivity index (χ1n) is 11.1. The van der Waals surface area contributed by atoms with Crippen molar-refractivity contribution in [3.63, 3.8) is 0 Å². The van der Waals surface area contributed by atoms with Crippen molar-refractivity contribution in [3.8, 4) is 0 Å². The van der Waals surface area contributed by atoms with Crippen LogP contribution in [0.2, 0.25) is 0 Å². The number of hydrogen-bond donors (Lipinski definition) is 2. The van der Waals surface area contributed by atoms with Crippen molar-refractivity contribution in [3.05, 3.63) is 71.8 Å². The quantitative estimate of drug-likeness (QED) is 0.490. The van der Waals surface area contributed by atoms with Crippen LogP contribution in [-0.4, -0.2) is 27.4 Å². The van der Waals surface area contributed by atoms with Crippen LogP contribution in [0.25, 0.3) is 11.0 Å². The lowest BCUT2D eigenvalue weighted by Crippen LogP contribution is -2.38. The zero-order chi connectivity index (χ0) is 24.5. The van der Waals surface area contributed by atoms with E-state index in [1.807, 2.05) is 29.7 Å². The number of imidazole rings is 1. The van der Waals surface area contributed by atoms with E-state index < -0.39 is 17.6 Å². The van der Waals surface area contributed by atoms with E-state index in [4.69, 9.17) is 0 Å². The predicted octanol–water partition coefficient (Wildman–Crippen LogP) is 5.40. The van der Waals surface area contributed by atoms with Crippen LogP contribution in [0.4, 0.5) is 19.1 Å². The third-order valence-electron chi connectivity index (χ3n) is 6.07. The Hall–Kier alpha value is -3.62. The summed E-state index contributed by atoms with van der Waals surface area (Å²) in [7, 11) is 0. The van der Waals surface area contributed by atoms with E-state index in [-0.39, 0.29) is 29.5 Å². The molecule has 2 amide bonds. The number of carbonyl (C=O) groups is 2. The number of carbonyl (C=O) groups excluding carboxylic acids is 2. The second-order valence-electron chi connectivity index (χ2n) is 8.56. The molecule has 2 atom stereocenters. The van der Waals surface area contributed by atoms with Gasteiger partial charge in [-0.25, -0.2) is 4.98 Å². The lowest BCUT2D eigenvalue weighted by molar-refractivity contribution is -0.137. The highest BCUT2D eigenvalue weighted by molar-refractivity contribution is 6.04. The van der Waals surface area contributed by atoms with Gasteiger partial charge in [-0.05, 0) is 74.6 Å². The number of benzene rings is 2. The molecule has 0 saturated heterocycles. The largest absolute Gasteiger partial charge is 0.416 e. The van der Waals surface area contributed by atoms with Gasteiger partial charge in [0.05, 0.1) is 16.6 Å². The summed E-state index contributed by atoms with van der Waals surface area (Å²) in [6, 6.07) is 9.94. The number of alkyl halides is 3. The Morgan fingerprint density at radius 3 is 2.71 bits per heavy atom. The molecule has 0 unspecified atom stereocenters. The highest BCUT2D eigenvalue weighted by atomic mass is 19.4. The van der Waals surface area contributed by atoms with Gasteiger partial charge in [0.25, 0.3) is 5.91 Å². The topological polar surface area (TPSA) is 76.0 Å². The molecule has 1 saturated carbocycles. The minimum Gasteiger partial charge on any atom is -0.350 e. The first kappa shape index (κ1) is 23.5. The number of aryl methyl sites for hydroxylation is 1. The summed E-state index contributed by atoms with van der Waals surface area (Å²) in [6.45, 7) is 5.43. The number of hydrogen-bond acceptors (Lipinski definition) is 3. The highest BCUT2D eigenvalue weighted by Gasteiger charge is 2.31. The third-order valence-corrected chi connectivity index (χ3v) is 6.07. The second-order valence-corrected chi connectivity index (χ2v) is 8.56. The van der Waals surface area contributed by atoms with Gasteiger partial charge >= 0.3 is 6.18 Å². The zero-order valence-corrected chi connectivity index (χ0v) is 18.7. The van der Waals surface area contributed by atoms with E-state index in [9.17, 15) is 22.8 Å². The summed E-state index contributed by atoms with van der Waals surface area (Å²) in [6.07, 6.45) is -0.182. The van der Waals surface area contributed by atoms with Crippen LogP contribution >= 0.6 is 0 Å². The molecule has 1 aliphatic rings. The van der Waals surface area contributed by atoms with Crippen molar-refractivity contribution in [2.75, 3.05) is 5.32 Å². The average Bonchev–Trinajstić information content (AvgIpc) is 3.15. The smallest absolute Gasteiger partial charge is 0.350 e. The molecule has 0 radical (unpaired) electrons. The van der Waals surface area contributed by atoms with Gasteiger partial charge in [0.2, 0.25) is 11.9 Å². The molecule has 2 aromatic carbocycles. The van der Waals surface area contributed by atoms with Gasteiger partial charge in [-0.15, -0.1) is 0 Å². The van der Waals surface area contributed by atoms with Crippen LogP contribution in [-0.2, 0) is 11.0 Å². The normalized spacial score (nSPS) is 18.5. The molecule has 34 heavy (non-hydrogen) atoms. The Kier molecular flexibility index (Phi) is 6.45. The molecule has 0 bridgehead atoms. The molecule has 1 aliphatic carbocycles. The van der Waals surface area contributed by atoms with E-state index in [0.29, 0.717) is 11.9 Å². The maximum atomic E-state index is 13.1. The predicted molar refractivity (Wildman–Crippen MR) is 123 cm³/mol. The molecule has 0 spiro atoms. The SMILES string of the molecule is C=CC(=O)N[C@@H]1CCC[C@@H](n2c(NC(=O)c3cccc(C(F)(F)F)c3)nc3cc(C)ccc32)C1. The molecule has 1 aromatic heterocycles. The lowest BCUT2D eigenvalue weighted by Gasteiger charge is -2.31. The van der Waals surface area contributed by atoms with Gasteiger partial charge < -0.3 is 9.88 Å². The minimum atomic E-state index is -4.55. The summed E-state index contributed by atoms with van der Waals surface area (Å²) in [5, 5.41) is 5.66. The molecule has 4 rings (SSSR count). The van der Waals surface area contributed by atoms with Crippen molar-refractivity contribution in [1.82, 2.24) is 14.9 Å². The van der Waals surface area contributed by atoms with Gasteiger partial charge in [-0.2, -0.15) is 13.2 Å². The van der Waals surface area contributed by atoms with E-state index in [1.165, 1.54) is 18.2 Å². The van der Waals surface area contributed by atoms with Crippen molar-refractivity contribution in [1.29, 1.82) is 0 Å². The second kappa shape index (κ2) is 9.32. The van der Waals surface area contributed by atoms with Gasteiger partial charge in [-0.3, -0.25) is 14.9 Å². The maximum Gasteiger partial charge on any atom is 0.416 e. The Bertz CT molecular complexity index is 1250. The third kappa shape index (κ3) is 4.98. The maximum absolute atomic E-state index is 13.1. The Morgan fingerprint density at radius 1 is 1.18 bits per heavy atom. The number of nitrogens with zero attached hydrogens (tertiary/aromatic N) is 2. The van der Waals surface area contributed by atoms with E-state index in [0.717, 1.165) is 42.5 Å². The van der Waals surface area contributed by atoms with Crippen molar-refractivity contribution >= 4 is 28.8 Å². The van der Waals surface area contributed by atoms with Crippen LogP contribution in [0, 0.1) is 6.92 Å². The summed E-state index contributed by atoms with van der Waals surface area (Å²) in [5.41, 5.74) is 1.48. The number of aromatic nitrogens is 2. The molecule has 6 nitrogen and oxygen atoms in total. The number of nitrogens with one attached hydrogen (secondary N) is 2. The molecule has 9 heteroatoms. The number of halogens is 3. The van der Waals surface area contributed by atoms with Crippen molar-refractivity contribution in [2.24, 2.45) is 0 Å². The van der Waals surface area contributed by atoms with Gasteiger partial charge in [0.15, 0.2) is 0 Å². The molecule has 2 N–H and O–H groups in total. The molecule has 178 valence electrons. The van der Waals surface area contributed by atoms with Crippen LogP contribution in [0.15, 0.2) is 55.1 Å². The average molecular weight is 470 g/mol. The molecule has 1 fully saturated rings. The summed E-state index contributed by atoms with van der Waals surface area (Å²) < 4.78 is 41.3. The molecule has 1 heterocycles. The van der Waals surface area contributed by atoms with Crippen LogP contribution in [0.3, 0.4) is 0 Å². The molecular formula is C25H25F3N4O2. The van der Waals surface area contributed by atoms with Crippen LogP contribution < -0.4 is 10.6 Å². The minimum absolute atomic E-state index is 0.0563. The Morgan fingerprint density at radius 2 is 1.97 bits per heavy atom. The Labute approximate surface area is 194 Å². The number of rotatable bonds is 5. The lowest BCUT2D eigenvalue weighted by atomic mass is 9.90. The van der Waals surface area contributed by atoms with Gasteiger partial charge in [0, 0.05) is 17.6 Å². The van der Waals surface area contributed by atoms with Crippen LogP contribution in [0.5, 0.6) is 0 Å². The van der Waals surface area contributed by atoms with Gasteiger partial charge in [-0.1, -0.05) is 18.7 Å². The zero-order valence-electron chi connectivity index (χ0n) is 18.7.